The van der Waals surface area contributed by atoms with Gasteiger partial charge in [0, 0.05) is 23.9 Å². The summed E-state index contributed by atoms with van der Waals surface area (Å²) >= 11 is 0. The van der Waals surface area contributed by atoms with Gasteiger partial charge in [0.1, 0.15) is 0 Å². The second kappa shape index (κ2) is 13.5. The number of amides is 1. The van der Waals surface area contributed by atoms with Crippen molar-refractivity contribution < 1.29 is 18.3 Å². The molecule has 0 spiro atoms. The molecule has 1 aliphatic rings. The van der Waals surface area contributed by atoms with Crippen LogP contribution in [0.2, 0.25) is 0 Å². The topological polar surface area (TPSA) is 76.5 Å². The maximum Gasteiger partial charge on any atom is 0.411 e. The molecule has 2 aromatic carbocycles. The monoisotopic (exact) mass is 498 g/mol. The number of nitrogens with zero attached hydrogens (tertiary/aromatic N) is 3. The Kier molecular flexibility index (Phi) is 10.1. The normalized spacial score (nSPS) is 13.1. The van der Waals surface area contributed by atoms with Crippen LogP contribution in [0.25, 0.3) is 11.3 Å². The van der Waals surface area contributed by atoms with Gasteiger partial charge in [0.25, 0.3) is 5.56 Å². The summed E-state index contributed by atoms with van der Waals surface area (Å²) in [6.45, 7) is 7.63. The molecule has 0 bridgehead atoms. The smallest absolute Gasteiger partial charge is 0.411 e. The number of aromatic nitrogens is 2. The van der Waals surface area contributed by atoms with Crippen LogP contribution in [0.15, 0.2) is 59.4 Å². The maximum absolute atomic E-state index is 13.6. The number of carbonyl (C=O) groups excluding carboxylic acids is 1. The number of benzene rings is 2. The Morgan fingerprint density at radius 1 is 1.03 bits per heavy atom. The molecule has 1 fully saturated rings. The zero-order valence-corrected chi connectivity index (χ0v) is 20.7. The van der Waals surface area contributed by atoms with E-state index >= 15 is 0 Å². The van der Waals surface area contributed by atoms with Crippen LogP contribution in [-0.2, 0) is 11.3 Å². The van der Waals surface area contributed by atoms with E-state index in [0.717, 1.165) is 43.8 Å². The lowest BCUT2D eigenvalue weighted by molar-refractivity contribution is 0.154. The first-order chi connectivity index (χ1) is 17.5. The minimum atomic E-state index is -0.987. The average molecular weight is 499 g/mol. The van der Waals surface area contributed by atoms with Crippen molar-refractivity contribution in [3.63, 3.8) is 0 Å². The standard InChI is InChI=1S/C25H26F2N4O3.C2H6/c26-21-8-7-19(16-22(21)27)23-9-10-24(32)31(29-23)17-18-5-3-6-20(15-18)28-25(33)34-14-4-13-30-11-1-2-12-30;1-2/h3,5-10,15-16H,1-2,4,11-14,17H2,(H,28,33);1-2H3. The molecule has 1 aromatic heterocycles. The summed E-state index contributed by atoms with van der Waals surface area (Å²) in [5.74, 6) is -1.94. The molecular weight excluding hydrogens is 466 g/mol. The van der Waals surface area contributed by atoms with Gasteiger partial charge in [-0.2, -0.15) is 5.10 Å². The molecule has 1 amide bonds. The van der Waals surface area contributed by atoms with Crippen molar-refractivity contribution in [2.45, 2.75) is 39.7 Å². The second-order valence-corrected chi connectivity index (χ2v) is 8.21. The molecule has 0 atom stereocenters. The fraction of sp³-hybridized carbons (Fsp3) is 0.370. The first-order valence-corrected chi connectivity index (χ1v) is 12.3. The lowest BCUT2D eigenvalue weighted by atomic mass is 10.1. The summed E-state index contributed by atoms with van der Waals surface area (Å²) in [5.41, 5.74) is 1.61. The van der Waals surface area contributed by atoms with Crippen molar-refractivity contribution >= 4 is 11.8 Å². The minimum absolute atomic E-state index is 0.136. The lowest BCUT2D eigenvalue weighted by Crippen LogP contribution is -2.23. The molecule has 7 nitrogen and oxygen atoms in total. The molecule has 0 aliphatic carbocycles. The molecule has 2 heterocycles. The van der Waals surface area contributed by atoms with E-state index in [0.29, 0.717) is 23.6 Å². The Labute approximate surface area is 209 Å². The van der Waals surface area contributed by atoms with Gasteiger partial charge in [0.2, 0.25) is 0 Å². The molecule has 36 heavy (non-hydrogen) atoms. The van der Waals surface area contributed by atoms with E-state index in [2.05, 4.69) is 15.3 Å². The molecule has 4 rings (SSSR count). The Balaban J connectivity index is 0.00000176. The second-order valence-electron chi connectivity index (χ2n) is 8.21. The highest BCUT2D eigenvalue weighted by Gasteiger charge is 2.12. The summed E-state index contributed by atoms with van der Waals surface area (Å²) in [5, 5.41) is 6.98. The minimum Gasteiger partial charge on any atom is -0.449 e. The number of hydrogen-bond acceptors (Lipinski definition) is 5. The van der Waals surface area contributed by atoms with Crippen LogP contribution >= 0.6 is 0 Å². The number of rotatable bonds is 8. The summed E-state index contributed by atoms with van der Waals surface area (Å²) < 4.78 is 33.3. The van der Waals surface area contributed by atoms with E-state index in [-0.39, 0.29) is 12.1 Å². The van der Waals surface area contributed by atoms with Crippen molar-refractivity contribution in [3.8, 4) is 11.3 Å². The zero-order chi connectivity index (χ0) is 25.9. The highest BCUT2D eigenvalue weighted by atomic mass is 19.2. The molecule has 0 saturated carbocycles. The number of halogens is 2. The van der Waals surface area contributed by atoms with Gasteiger partial charge in [-0.15, -0.1) is 0 Å². The van der Waals surface area contributed by atoms with Gasteiger partial charge in [-0.05, 0) is 74.3 Å². The number of likely N-dealkylation sites (tertiary alicyclic amines) is 1. The Hall–Kier alpha value is -3.59. The Bertz CT molecular complexity index is 1210. The van der Waals surface area contributed by atoms with Crippen LogP contribution in [0.4, 0.5) is 19.3 Å². The number of nitrogens with one attached hydrogen (secondary N) is 1. The van der Waals surface area contributed by atoms with Gasteiger partial charge in [-0.1, -0.05) is 26.0 Å². The summed E-state index contributed by atoms with van der Waals surface area (Å²) in [6, 6.07) is 13.2. The SMILES string of the molecule is CC.O=C(Nc1cccc(Cn2nc(-c3ccc(F)c(F)c3)ccc2=O)c1)OCCCN1CCCC1. The number of carbonyl (C=O) groups is 1. The molecule has 1 aliphatic heterocycles. The van der Waals surface area contributed by atoms with Crippen molar-refractivity contribution in [3.05, 3.63) is 82.1 Å². The lowest BCUT2D eigenvalue weighted by Gasteiger charge is -2.14. The molecule has 3 aromatic rings. The van der Waals surface area contributed by atoms with E-state index in [4.69, 9.17) is 4.74 Å². The van der Waals surface area contributed by atoms with Gasteiger partial charge in [0.05, 0.1) is 18.8 Å². The van der Waals surface area contributed by atoms with Crippen LogP contribution in [-0.4, -0.2) is 47.0 Å². The van der Waals surface area contributed by atoms with Crippen molar-refractivity contribution in [2.75, 3.05) is 31.6 Å². The van der Waals surface area contributed by atoms with Gasteiger partial charge >= 0.3 is 6.09 Å². The third-order valence-electron chi connectivity index (χ3n) is 5.64. The summed E-state index contributed by atoms with van der Waals surface area (Å²) in [6.07, 6.45) is 2.72. The molecule has 9 heteroatoms. The molecule has 192 valence electrons. The maximum atomic E-state index is 13.6. The van der Waals surface area contributed by atoms with Crippen LogP contribution in [0.3, 0.4) is 0 Å². The van der Waals surface area contributed by atoms with Crippen LogP contribution in [0.1, 0.15) is 38.7 Å². The van der Waals surface area contributed by atoms with Crippen LogP contribution in [0, 0.1) is 11.6 Å². The number of hydrogen-bond donors (Lipinski definition) is 1. The quantitative estimate of drug-likeness (QED) is 0.427. The van der Waals surface area contributed by atoms with Crippen LogP contribution < -0.4 is 10.9 Å². The first kappa shape index (κ1) is 27.0. The predicted octanol–water partition coefficient (Wildman–Crippen LogP) is 5.30. The molecule has 0 unspecified atom stereocenters. The largest absolute Gasteiger partial charge is 0.449 e. The Morgan fingerprint density at radius 3 is 2.56 bits per heavy atom. The fourth-order valence-electron chi connectivity index (χ4n) is 3.91. The van der Waals surface area contributed by atoms with Crippen molar-refractivity contribution in [1.29, 1.82) is 0 Å². The van der Waals surface area contributed by atoms with Gasteiger partial charge in [-0.3, -0.25) is 10.1 Å². The van der Waals surface area contributed by atoms with E-state index < -0.39 is 17.7 Å². The summed E-state index contributed by atoms with van der Waals surface area (Å²) in [7, 11) is 0. The van der Waals surface area contributed by atoms with Crippen LogP contribution in [0.5, 0.6) is 0 Å². The van der Waals surface area contributed by atoms with E-state index in [1.54, 1.807) is 24.3 Å². The molecule has 0 radical (unpaired) electrons. The van der Waals surface area contributed by atoms with Crippen molar-refractivity contribution in [1.82, 2.24) is 14.7 Å². The van der Waals surface area contributed by atoms with Gasteiger partial charge in [-0.25, -0.2) is 18.3 Å². The van der Waals surface area contributed by atoms with E-state index in [9.17, 15) is 18.4 Å². The number of ether oxygens (including phenoxy) is 1. The highest BCUT2D eigenvalue weighted by molar-refractivity contribution is 5.84. The summed E-state index contributed by atoms with van der Waals surface area (Å²) in [4.78, 5) is 26.8. The van der Waals surface area contributed by atoms with E-state index in [1.165, 1.54) is 35.7 Å². The average Bonchev–Trinajstić information content (AvgIpc) is 3.40. The predicted molar refractivity (Wildman–Crippen MR) is 136 cm³/mol. The molecular formula is C27H32F2N4O3. The Morgan fingerprint density at radius 2 is 1.81 bits per heavy atom. The zero-order valence-electron chi connectivity index (χ0n) is 20.7. The van der Waals surface area contributed by atoms with E-state index in [1.807, 2.05) is 13.8 Å². The first-order valence-electron chi connectivity index (χ1n) is 12.3. The molecule has 1 N–H and O–H groups in total. The third-order valence-corrected chi connectivity index (χ3v) is 5.64. The van der Waals surface area contributed by atoms with Gasteiger partial charge < -0.3 is 9.64 Å². The van der Waals surface area contributed by atoms with Crippen molar-refractivity contribution in [2.24, 2.45) is 0 Å². The fourth-order valence-corrected chi connectivity index (χ4v) is 3.91. The molecule has 1 saturated heterocycles. The third kappa shape index (κ3) is 7.71. The van der Waals surface area contributed by atoms with Gasteiger partial charge in [0.15, 0.2) is 11.6 Å². The highest BCUT2D eigenvalue weighted by Crippen LogP contribution is 2.19. The number of anilines is 1.